The van der Waals surface area contributed by atoms with E-state index < -0.39 is 17.2 Å². The first-order valence-electron chi connectivity index (χ1n) is 6.90. The lowest BCUT2D eigenvalue weighted by Gasteiger charge is -2.38. The highest BCUT2D eigenvalue weighted by atomic mass is 19.2. The zero-order valence-corrected chi connectivity index (χ0v) is 12.1. The molecule has 4 nitrogen and oxygen atoms in total. The van der Waals surface area contributed by atoms with E-state index in [1.54, 1.807) is 7.05 Å². The van der Waals surface area contributed by atoms with E-state index in [4.69, 9.17) is 9.47 Å². The molecular formula is C15H19F2NO3. The van der Waals surface area contributed by atoms with Crippen molar-refractivity contribution in [3.63, 3.8) is 0 Å². The van der Waals surface area contributed by atoms with Crippen molar-refractivity contribution in [2.24, 2.45) is 0 Å². The number of methoxy groups -OCH3 is 1. The van der Waals surface area contributed by atoms with Crippen molar-refractivity contribution in [2.75, 3.05) is 14.2 Å². The van der Waals surface area contributed by atoms with Gasteiger partial charge in [-0.05, 0) is 38.4 Å². The number of carbonyl (C=O) groups is 1. The van der Waals surface area contributed by atoms with Gasteiger partial charge in [0.15, 0.2) is 11.6 Å². The molecule has 1 aliphatic carbocycles. The molecule has 6 heteroatoms. The van der Waals surface area contributed by atoms with Gasteiger partial charge in [0.1, 0.15) is 17.4 Å². The largest absolute Gasteiger partial charge is 0.490 e. The molecule has 116 valence electrons. The monoisotopic (exact) mass is 299 g/mol. The molecule has 0 saturated heterocycles. The third-order valence-electron chi connectivity index (χ3n) is 3.95. The third kappa shape index (κ3) is 3.32. The second kappa shape index (κ2) is 6.39. The first-order valence-corrected chi connectivity index (χ1v) is 6.90. The summed E-state index contributed by atoms with van der Waals surface area (Å²) in [5.74, 6) is -1.93. The van der Waals surface area contributed by atoms with Crippen molar-refractivity contribution in [3.05, 3.63) is 29.8 Å². The van der Waals surface area contributed by atoms with Gasteiger partial charge in [-0.25, -0.2) is 8.78 Å². The molecule has 1 N–H and O–H groups in total. The zero-order chi connectivity index (χ0) is 15.5. The van der Waals surface area contributed by atoms with Crippen LogP contribution < -0.4 is 10.1 Å². The number of nitrogens with one attached hydrogen (secondary N) is 1. The molecular weight excluding hydrogens is 280 g/mol. The van der Waals surface area contributed by atoms with E-state index in [1.807, 2.05) is 0 Å². The predicted molar refractivity (Wildman–Crippen MR) is 73.0 cm³/mol. The fourth-order valence-electron chi connectivity index (χ4n) is 2.78. The number of carbonyl (C=O) groups excluding carboxylic acids is 1. The molecule has 0 spiro atoms. The van der Waals surface area contributed by atoms with Crippen molar-refractivity contribution in [1.82, 2.24) is 5.32 Å². The molecule has 2 atom stereocenters. The molecule has 0 bridgehead atoms. The Morgan fingerprint density at radius 2 is 2.14 bits per heavy atom. The van der Waals surface area contributed by atoms with Crippen molar-refractivity contribution < 1.29 is 23.0 Å². The van der Waals surface area contributed by atoms with Crippen molar-refractivity contribution >= 4 is 5.97 Å². The molecule has 2 rings (SSSR count). The van der Waals surface area contributed by atoms with Gasteiger partial charge in [0.25, 0.3) is 0 Å². The lowest BCUT2D eigenvalue weighted by Crippen LogP contribution is -2.55. The van der Waals surface area contributed by atoms with Gasteiger partial charge in [0.05, 0.1) is 7.11 Å². The lowest BCUT2D eigenvalue weighted by atomic mass is 9.80. The molecule has 1 fully saturated rings. The normalized spacial score (nSPS) is 25.4. The van der Waals surface area contributed by atoms with Gasteiger partial charge in [-0.3, -0.25) is 4.79 Å². The SMILES string of the molecule is CNC1(C(=O)OC)CCCC(Oc2ccc(F)c(F)c2)C1. The van der Waals surface area contributed by atoms with Crippen LogP contribution in [0.3, 0.4) is 0 Å². The number of benzene rings is 1. The molecule has 0 heterocycles. The van der Waals surface area contributed by atoms with E-state index in [-0.39, 0.29) is 17.8 Å². The van der Waals surface area contributed by atoms with Crippen LogP contribution >= 0.6 is 0 Å². The number of hydrogen-bond acceptors (Lipinski definition) is 4. The van der Waals surface area contributed by atoms with Crippen LogP contribution in [0.5, 0.6) is 5.75 Å². The number of likely N-dealkylation sites (N-methyl/N-ethyl adjacent to an activating group) is 1. The average Bonchev–Trinajstić information content (AvgIpc) is 2.50. The van der Waals surface area contributed by atoms with E-state index >= 15 is 0 Å². The summed E-state index contributed by atoms with van der Waals surface area (Å²) >= 11 is 0. The molecule has 0 aliphatic heterocycles. The molecule has 0 radical (unpaired) electrons. The second-order valence-electron chi connectivity index (χ2n) is 5.24. The molecule has 0 aromatic heterocycles. The van der Waals surface area contributed by atoms with Crippen LogP contribution in [0.15, 0.2) is 18.2 Å². The molecule has 1 aromatic carbocycles. The van der Waals surface area contributed by atoms with Crippen LogP contribution in [-0.2, 0) is 9.53 Å². The van der Waals surface area contributed by atoms with Gasteiger partial charge in [-0.15, -0.1) is 0 Å². The van der Waals surface area contributed by atoms with Crippen molar-refractivity contribution in [2.45, 2.75) is 37.3 Å². The lowest BCUT2D eigenvalue weighted by molar-refractivity contribution is -0.151. The van der Waals surface area contributed by atoms with E-state index in [0.29, 0.717) is 12.8 Å². The summed E-state index contributed by atoms with van der Waals surface area (Å²) in [5.41, 5.74) is -0.782. The Balaban J connectivity index is 2.10. The highest BCUT2D eigenvalue weighted by molar-refractivity contribution is 5.81. The third-order valence-corrected chi connectivity index (χ3v) is 3.95. The minimum absolute atomic E-state index is 0.254. The summed E-state index contributed by atoms with van der Waals surface area (Å²) in [6, 6.07) is 3.43. The Morgan fingerprint density at radius 3 is 2.76 bits per heavy atom. The molecule has 1 saturated carbocycles. The molecule has 1 aliphatic rings. The number of hydrogen-bond donors (Lipinski definition) is 1. The van der Waals surface area contributed by atoms with Gasteiger partial charge in [-0.1, -0.05) is 0 Å². The predicted octanol–water partition coefficient (Wildman–Crippen LogP) is 2.42. The minimum atomic E-state index is -0.948. The van der Waals surface area contributed by atoms with Gasteiger partial charge in [0, 0.05) is 12.5 Å². The smallest absolute Gasteiger partial charge is 0.326 e. The highest BCUT2D eigenvalue weighted by Gasteiger charge is 2.43. The fraction of sp³-hybridized carbons (Fsp3) is 0.533. The quantitative estimate of drug-likeness (QED) is 0.867. The van der Waals surface area contributed by atoms with Crippen LogP contribution in [0.1, 0.15) is 25.7 Å². The molecule has 21 heavy (non-hydrogen) atoms. The van der Waals surface area contributed by atoms with Gasteiger partial charge >= 0.3 is 5.97 Å². The maximum atomic E-state index is 13.2. The zero-order valence-electron chi connectivity index (χ0n) is 12.1. The Morgan fingerprint density at radius 1 is 1.38 bits per heavy atom. The van der Waals surface area contributed by atoms with Crippen LogP contribution in [0, 0.1) is 11.6 Å². The fourth-order valence-corrected chi connectivity index (χ4v) is 2.78. The number of ether oxygens (including phenoxy) is 2. The minimum Gasteiger partial charge on any atom is -0.490 e. The van der Waals surface area contributed by atoms with Gasteiger partial charge in [0.2, 0.25) is 0 Å². The highest BCUT2D eigenvalue weighted by Crippen LogP contribution is 2.32. The maximum Gasteiger partial charge on any atom is 0.326 e. The number of halogens is 2. The summed E-state index contributed by atoms with van der Waals surface area (Å²) in [5, 5.41) is 3.02. The van der Waals surface area contributed by atoms with Crippen LogP contribution in [0.25, 0.3) is 0 Å². The average molecular weight is 299 g/mol. The van der Waals surface area contributed by atoms with Crippen LogP contribution in [-0.4, -0.2) is 31.8 Å². The summed E-state index contributed by atoms with van der Waals surface area (Å²) in [6.07, 6.45) is 2.36. The Hall–Kier alpha value is -1.69. The van der Waals surface area contributed by atoms with E-state index in [9.17, 15) is 13.6 Å². The molecule has 1 aromatic rings. The summed E-state index contributed by atoms with van der Waals surface area (Å²) < 4.78 is 36.6. The maximum absolute atomic E-state index is 13.2. The Labute approximate surface area is 122 Å². The molecule has 2 unspecified atom stereocenters. The van der Waals surface area contributed by atoms with Crippen molar-refractivity contribution in [1.29, 1.82) is 0 Å². The van der Waals surface area contributed by atoms with Crippen LogP contribution in [0.4, 0.5) is 8.78 Å². The Kier molecular flexibility index (Phi) is 4.77. The second-order valence-corrected chi connectivity index (χ2v) is 5.24. The number of esters is 1. The first-order chi connectivity index (χ1) is 10.0. The Bertz CT molecular complexity index is 524. The van der Waals surface area contributed by atoms with E-state index in [2.05, 4.69) is 5.32 Å². The first kappa shape index (κ1) is 15.7. The molecule has 0 amide bonds. The van der Waals surface area contributed by atoms with Crippen LogP contribution in [0.2, 0.25) is 0 Å². The van der Waals surface area contributed by atoms with E-state index in [0.717, 1.165) is 25.0 Å². The standard InChI is InChI=1S/C15H19F2NO3/c1-18-15(14(19)20-2)7-3-4-11(9-15)21-10-5-6-12(16)13(17)8-10/h5-6,8,11,18H,3-4,7,9H2,1-2H3. The van der Waals surface area contributed by atoms with Crippen molar-refractivity contribution in [3.8, 4) is 5.75 Å². The van der Waals surface area contributed by atoms with E-state index in [1.165, 1.54) is 13.2 Å². The van der Waals surface area contributed by atoms with Gasteiger partial charge < -0.3 is 14.8 Å². The summed E-state index contributed by atoms with van der Waals surface area (Å²) in [4.78, 5) is 12.0. The summed E-state index contributed by atoms with van der Waals surface area (Å²) in [6.45, 7) is 0. The topological polar surface area (TPSA) is 47.6 Å². The number of rotatable bonds is 4. The summed E-state index contributed by atoms with van der Waals surface area (Å²) in [7, 11) is 3.05. The van der Waals surface area contributed by atoms with Gasteiger partial charge in [-0.2, -0.15) is 0 Å².